The summed E-state index contributed by atoms with van der Waals surface area (Å²) in [4.78, 5) is 3.74. The molecular weight excluding hydrogens is 150 g/mol. The fourth-order valence-electron chi connectivity index (χ4n) is 0.566. The molecule has 4 heteroatoms. The first kappa shape index (κ1) is 9.43. The lowest BCUT2D eigenvalue weighted by Gasteiger charge is -2.02. The molecule has 0 heterocycles. The van der Waals surface area contributed by atoms with Gasteiger partial charge in [0.2, 0.25) is 5.29 Å². The molecule has 0 saturated heterocycles. The Kier molecular flexibility index (Phi) is 4.94. The molecule has 58 valence electrons. The van der Waals surface area contributed by atoms with E-state index >= 15 is 0 Å². The highest BCUT2D eigenvalue weighted by Crippen LogP contribution is 1.87. The Morgan fingerprint density at radius 3 is 2.50 bits per heavy atom. The molecule has 2 N–H and O–H groups in total. The molecule has 0 atom stereocenters. The Morgan fingerprint density at radius 1 is 1.60 bits per heavy atom. The summed E-state index contributed by atoms with van der Waals surface area (Å²) < 4.78 is 0. The summed E-state index contributed by atoms with van der Waals surface area (Å²) in [5, 5.41) is 9.66. The SMILES string of the molecule is CCN/C(CC)=N/C(=N)Cl. The van der Waals surface area contributed by atoms with E-state index < -0.39 is 0 Å². The van der Waals surface area contributed by atoms with Crippen LogP contribution in [0.5, 0.6) is 0 Å². The largest absolute Gasteiger partial charge is 0.374 e. The number of hydrogen-bond acceptors (Lipinski definition) is 1. The van der Waals surface area contributed by atoms with Gasteiger partial charge in [-0.25, -0.2) is 4.99 Å². The molecule has 0 aliphatic rings. The van der Waals surface area contributed by atoms with Crippen LogP contribution in [0.4, 0.5) is 0 Å². The van der Waals surface area contributed by atoms with Crippen molar-refractivity contribution in [2.24, 2.45) is 4.99 Å². The molecule has 0 aliphatic heterocycles. The molecule has 0 aromatic carbocycles. The molecule has 0 aromatic heterocycles. The first-order valence-corrected chi connectivity index (χ1v) is 3.64. The van der Waals surface area contributed by atoms with E-state index in [1.807, 2.05) is 13.8 Å². The predicted molar refractivity (Wildman–Crippen MR) is 45.0 cm³/mol. The third-order valence-corrected chi connectivity index (χ3v) is 1.03. The van der Waals surface area contributed by atoms with Gasteiger partial charge < -0.3 is 5.32 Å². The van der Waals surface area contributed by atoms with Crippen molar-refractivity contribution < 1.29 is 0 Å². The highest BCUT2D eigenvalue weighted by molar-refractivity contribution is 6.64. The number of amidine groups is 2. The minimum Gasteiger partial charge on any atom is -0.374 e. The molecule has 0 fully saturated rings. The Bertz CT molecular complexity index is 142. The van der Waals surface area contributed by atoms with Crippen molar-refractivity contribution in [3.8, 4) is 0 Å². The zero-order valence-corrected chi connectivity index (χ0v) is 7.00. The van der Waals surface area contributed by atoms with Crippen LogP contribution in [0.25, 0.3) is 0 Å². The first-order valence-electron chi connectivity index (χ1n) is 3.26. The van der Waals surface area contributed by atoms with Crippen LogP contribution in [0, 0.1) is 5.41 Å². The van der Waals surface area contributed by atoms with Gasteiger partial charge in [-0.15, -0.1) is 0 Å². The molecule has 0 aliphatic carbocycles. The van der Waals surface area contributed by atoms with Crippen molar-refractivity contribution in [2.45, 2.75) is 20.3 Å². The molecule has 3 nitrogen and oxygen atoms in total. The molecule has 0 unspecified atom stereocenters. The van der Waals surface area contributed by atoms with Gasteiger partial charge in [0.15, 0.2) is 0 Å². The lowest BCUT2D eigenvalue weighted by atomic mass is 10.4. The lowest BCUT2D eigenvalue weighted by molar-refractivity contribution is 0.937. The summed E-state index contributed by atoms with van der Waals surface area (Å²) in [5.41, 5.74) is 0. The summed E-state index contributed by atoms with van der Waals surface area (Å²) >= 11 is 5.24. The van der Waals surface area contributed by atoms with Crippen LogP contribution >= 0.6 is 11.6 Å². The highest BCUT2D eigenvalue weighted by atomic mass is 35.5. The molecule has 0 bridgehead atoms. The standard InChI is InChI=1S/C6H12ClN3/c1-3-5(9-4-2)10-6(7)8/h3-4H2,1-2H3,(H2,8,9,10). The summed E-state index contributed by atoms with van der Waals surface area (Å²) in [6.45, 7) is 4.75. The van der Waals surface area contributed by atoms with Gasteiger partial charge in [-0.05, 0) is 18.5 Å². The van der Waals surface area contributed by atoms with Crippen molar-refractivity contribution in [2.75, 3.05) is 6.54 Å². The Labute approximate surface area is 66.0 Å². The summed E-state index contributed by atoms with van der Waals surface area (Å²) in [6, 6.07) is 0. The van der Waals surface area contributed by atoms with Crippen molar-refractivity contribution in [3.05, 3.63) is 0 Å². The Morgan fingerprint density at radius 2 is 2.20 bits per heavy atom. The van der Waals surface area contributed by atoms with Crippen LogP contribution in [-0.2, 0) is 0 Å². The zero-order valence-electron chi connectivity index (χ0n) is 6.24. The van der Waals surface area contributed by atoms with Crippen LogP contribution in [0.3, 0.4) is 0 Å². The van der Waals surface area contributed by atoms with E-state index in [1.54, 1.807) is 0 Å². The number of aliphatic imine (C=N–C) groups is 1. The average Bonchev–Trinajstić information content (AvgIpc) is 1.86. The zero-order chi connectivity index (χ0) is 7.98. The smallest absolute Gasteiger partial charge is 0.216 e. The molecule has 0 amide bonds. The van der Waals surface area contributed by atoms with E-state index in [9.17, 15) is 0 Å². The van der Waals surface area contributed by atoms with Gasteiger partial charge in [-0.3, -0.25) is 5.41 Å². The van der Waals surface area contributed by atoms with Gasteiger partial charge >= 0.3 is 0 Å². The number of rotatable bonds is 2. The van der Waals surface area contributed by atoms with Gasteiger partial charge in [-0.2, -0.15) is 0 Å². The summed E-state index contributed by atoms with van der Waals surface area (Å²) in [6.07, 6.45) is 0.781. The van der Waals surface area contributed by atoms with Crippen LogP contribution in [0.2, 0.25) is 0 Å². The molecule has 0 radical (unpaired) electrons. The van der Waals surface area contributed by atoms with Crippen molar-refractivity contribution in [1.29, 1.82) is 5.41 Å². The Hall–Kier alpha value is -0.570. The maximum atomic E-state index is 6.84. The topological polar surface area (TPSA) is 48.2 Å². The third-order valence-electron chi connectivity index (χ3n) is 0.949. The molecule has 0 spiro atoms. The quantitative estimate of drug-likeness (QED) is 0.361. The molecule has 0 rings (SSSR count). The van der Waals surface area contributed by atoms with Gasteiger partial charge in [0, 0.05) is 13.0 Å². The first-order chi connectivity index (χ1) is 4.70. The normalized spacial score (nSPS) is 11.3. The second-order valence-electron chi connectivity index (χ2n) is 1.73. The van der Waals surface area contributed by atoms with E-state index in [2.05, 4.69) is 10.3 Å². The van der Waals surface area contributed by atoms with Crippen molar-refractivity contribution in [1.82, 2.24) is 5.32 Å². The van der Waals surface area contributed by atoms with Gasteiger partial charge in [0.1, 0.15) is 5.84 Å². The number of halogens is 1. The average molecular weight is 162 g/mol. The maximum absolute atomic E-state index is 6.84. The number of nitrogens with zero attached hydrogens (tertiary/aromatic N) is 1. The second kappa shape index (κ2) is 5.23. The maximum Gasteiger partial charge on any atom is 0.216 e. The van der Waals surface area contributed by atoms with Crippen LogP contribution in [0.1, 0.15) is 20.3 Å². The van der Waals surface area contributed by atoms with Crippen LogP contribution < -0.4 is 5.32 Å². The molecular formula is C6H12ClN3. The molecule has 0 aromatic rings. The highest BCUT2D eigenvalue weighted by Gasteiger charge is 1.92. The van der Waals surface area contributed by atoms with E-state index in [-0.39, 0.29) is 5.29 Å². The van der Waals surface area contributed by atoms with Gasteiger partial charge in [0.05, 0.1) is 0 Å². The number of nitrogens with one attached hydrogen (secondary N) is 2. The minimum atomic E-state index is -0.169. The van der Waals surface area contributed by atoms with Gasteiger partial charge in [-0.1, -0.05) is 6.92 Å². The number of hydrogen-bond donors (Lipinski definition) is 2. The van der Waals surface area contributed by atoms with Gasteiger partial charge in [0.25, 0.3) is 0 Å². The lowest BCUT2D eigenvalue weighted by Crippen LogP contribution is -2.22. The summed E-state index contributed by atoms with van der Waals surface area (Å²) in [7, 11) is 0. The predicted octanol–water partition coefficient (Wildman–Crippen LogP) is 1.58. The second-order valence-corrected chi connectivity index (χ2v) is 2.09. The van der Waals surface area contributed by atoms with Crippen LogP contribution in [-0.4, -0.2) is 17.7 Å². The van der Waals surface area contributed by atoms with E-state index in [4.69, 9.17) is 17.0 Å². The van der Waals surface area contributed by atoms with E-state index in [0.29, 0.717) is 0 Å². The van der Waals surface area contributed by atoms with Crippen LogP contribution in [0.15, 0.2) is 4.99 Å². The fraction of sp³-hybridized carbons (Fsp3) is 0.667. The van der Waals surface area contributed by atoms with Crippen molar-refractivity contribution in [3.63, 3.8) is 0 Å². The molecule has 10 heavy (non-hydrogen) atoms. The minimum absolute atomic E-state index is 0.169. The molecule has 0 saturated carbocycles. The monoisotopic (exact) mass is 161 g/mol. The third kappa shape index (κ3) is 4.32. The fourth-order valence-corrected chi connectivity index (χ4v) is 0.668. The Balaban J connectivity index is 3.91. The van der Waals surface area contributed by atoms with E-state index in [0.717, 1.165) is 18.8 Å². The van der Waals surface area contributed by atoms with E-state index in [1.165, 1.54) is 0 Å². The van der Waals surface area contributed by atoms with Crippen molar-refractivity contribution >= 4 is 22.7 Å². The summed E-state index contributed by atoms with van der Waals surface area (Å²) in [5.74, 6) is 0.766.